The van der Waals surface area contributed by atoms with Gasteiger partial charge < -0.3 is 0 Å². The second-order valence-electron chi connectivity index (χ2n) is 3.15. The topological polar surface area (TPSA) is 46.0 Å². The van der Waals surface area contributed by atoms with E-state index < -0.39 is 0 Å². The van der Waals surface area contributed by atoms with Crippen molar-refractivity contribution in [3.63, 3.8) is 0 Å². The Morgan fingerprint density at radius 2 is 2.25 bits per heavy atom. The van der Waals surface area contributed by atoms with Gasteiger partial charge in [0.2, 0.25) is 4.96 Å². The summed E-state index contributed by atoms with van der Waals surface area (Å²) in [6, 6.07) is 7.46. The molecule has 0 unspecified atom stereocenters. The van der Waals surface area contributed by atoms with Crippen LogP contribution in [0.4, 0.5) is 0 Å². The summed E-state index contributed by atoms with van der Waals surface area (Å²) in [5.74, 6) is 0.713. The monoisotopic (exact) mass is 268 g/mol. The maximum Gasteiger partial charge on any atom is 0.234 e. The first-order valence-corrected chi connectivity index (χ1v) is 6.04. The summed E-state index contributed by atoms with van der Waals surface area (Å²) >= 11 is 12.4. The van der Waals surface area contributed by atoms with Crippen molar-refractivity contribution in [2.75, 3.05) is 0 Å². The van der Waals surface area contributed by atoms with E-state index in [0.717, 1.165) is 10.5 Å². The highest BCUT2D eigenvalue weighted by Gasteiger charge is 2.09. The summed E-state index contributed by atoms with van der Waals surface area (Å²) in [6.45, 7) is 0. The van der Waals surface area contributed by atoms with Gasteiger partial charge in [-0.15, -0.1) is 10.2 Å². The molecule has 3 rings (SSSR count). The molecule has 0 bridgehead atoms. The molecule has 1 aromatic carbocycles. The highest BCUT2D eigenvalue weighted by Crippen LogP contribution is 2.22. The molecule has 0 spiro atoms. The Morgan fingerprint density at radius 3 is 3.06 bits per heavy atom. The lowest BCUT2D eigenvalue weighted by molar-refractivity contribution is 0.958. The summed E-state index contributed by atoms with van der Waals surface area (Å²) in [5.41, 5.74) is 0.907. The Labute approximate surface area is 105 Å². The molecule has 0 aliphatic rings. The molecule has 4 nitrogen and oxygen atoms in total. The molecular formula is C9H5ClN4S2. The minimum atomic E-state index is 0.670. The number of hydrogen-bond acceptors (Lipinski definition) is 4. The van der Waals surface area contributed by atoms with E-state index in [-0.39, 0.29) is 0 Å². The first-order chi connectivity index (χ1) is 7.74. The van der Waals surface area contributed by atoms with Crippen molar-refractivity contribution in [1.29, 1.82) is 0 Å². The smallest absolute Gasteiger partial charge is 0.234 e. The number of halogens is 1. The molecule has 80 valence electrons. The van der Waals surface area contributed by atoms with Gasteiger partial charge in [0.25, 0.3) is 0 Å². The molecule has 0 amide bonds. The molecule has 2 aromatic heterocycles. The highest BCUT2D eigenvalue weighted by atomic mass is 35.5. The molecule has 0 aliphatic heterocycles. The number of fused-ring (bicyclic) bond motifs is 1. The van der Waals surface area contributed by atoms with Gasteiger partial charge in [0.05, 0.1) is 0 Å². The van der Waals surface area contributed by atoms with E-state index in [1.807, 2.05) is 24.3 Å². The Bertz CT molecular complexity index is 711. The maximum atomic E-state index is 5.93. The van der Waals surface area contributed by atoms with Crippen molar-refractivity contribution in [3.8, 4) is 11.4 Å². The molecule has 0 fully saturated rings. The average molecular weight is 269 g/mol. The van der Waals surface area contributed by atoms with Crippen LogP contribution in [-0.4, -0.2) is 19.8 Å². The van der Waals surface area contributed by atoms with E-state index in [2.05, 4.69) is 15.3 Å². The Kier molecular flexibility index (Phi) is 2.27. The fourth-order valence-electron chi connectivity index (χ4n) is 1.45. The Hall–Kier alpha value is -1.24. The van der Waals surface area contributed by atoms with Crippen molar-refractivity contribution in [3.05, 3.63) is 33.2 Å². The van der Waals surface area contributed by atoms with Gasteiger partial charge in [-0.05, 0) is 24.4 Å². The van der Waals surface area contributed by atoms with Gasteiger partial charge in [-0.25, -0.2) is 4.52 Å². The minimum Gasteiger partial charge on any atom is -0.271 e. The molecule has 3 aromatic rings. The van der Waals surface area contributed by atoms with Crippen LogP contribution in [0, 0.1) is 3.95 Å². The summed E-state index contributed by atoms with van der Waals surface area (Å²) in [5, 5.41) is 11.8. The predicted molar refractivity (Wildman–Crippen MR) is 66.5 cm³/mol. The van der Waals surface area contributed by atoms with Crippen LogP contribution in [0.25, 0.3) is 16.3 Å². The van der Waals surface area contributed by atoms with E-state index in [9.17, 15) is 0 Å². The molecule has 7 heteroatoms. The number of benzene rings is 1. The van der Waals surface area contributed by atoms with Gasteiger partial charge in [-0.1, -0.05) is 35.1 Å². The average Bonchev–Trinajstić information content (AvgIpc) is 2.76. The molecule has 0 atom stereocenters. The number of nitrogens with zero attached hydrogens (tertiary/aromatic N) is 3. The molecular weight excluding hydrogens is 264 g/mol. The first-order valence-electron chi connectivity index (χ1n) is 4.44. The van der Waals surface area contributed by atoms with Crippen LogP contribution in [0.3, 0.4) is 0 Å². The highest BCUT2D eigenvalue weighted by molar-refractivity contribution is 7.73. The lowest BCUT2D eigenvalue weighted by Gasteiger charge is -1.97. The van der Waals surface area contributed by atoms with Gasteiger partial charge in [-0.2, -0.15) is 0 Å². The normalized spacial score (nSPS) is 11.1. The summed E-state index contributed by atoms with van der Waals surface area (Å²) < 4.78 is 2.44. The van der Waals surface area contributed by atoms with E-state index in [4.69, 9.17) is 23.8 Å². The van der Waals surface area contributed by atoms with E-state index >= 15 is 0 Å². The predicted octanol–water partition coefficient (Wildman–Crippen LogP) is 3.17. The van der Waals surface area contributed by atoms with Crippen molar-refractivity contribution in [2.24, 2.45) is 0 Å². The van der Waals surface area contributed by atoms with E-state index in [0.29, 0.717) is 14.8 Å². The summed E-state index contributed by atoms with van der Waals surface area (Å²) in [6.07, 6.45) is 0. The zero-order valence-corrected chi connectivity index (χ0v) is 10.2. The van der Waals surface area contributed by atoms with Gasteiger partial charge in [0.15, 0.2) is 9.78 Å². The molecule has 0 saturated carbocycles. The largest absolute Gasteiger partial charge is 0.271 e. The lowest BCUT2D eigenvalue weighted by Crippen LogP contribution is -1.89. The van der Waals surface area contributed by atoms with Gasteiger partial charge in [0, 0.05) is 10.6 Å². The summed E-state index contributed by atoms with van der Waals surface area (Å²) in [7, 11) is 0. The molecule has 16 heavy (non-hydrogen) atoms. The molecule has 0 saturated heterocycles. The van der Waals surface area contributed by atoms with Crippen LogP contribution in [-0.2, 0) is 0 Å². The van der Waals surface area contributed by atoms with E-state index in [1.54, 1.807) is 4.52 Å². The number of aromatic amines is 1. The third-order valence-corrected chi connectivity index (χ3v) is 3.40. The van der Waals surface area contributed by atoms with Gasteiger partial charge >= 0.3 is 0 Å². The Balaban J connectivity index is 2.29. The zero-order valence-electron chi connectivity index (χ0n) is 7.85. The second-order valence-corrected chi connectivity index (χ2v) is 5.23. The fraction of sp³-hybridized carbons (Fsp3) is 0. The van der Waals surface area contributed by atoms with Crippen LogP contribution in [0.5, 0.6) is 0 Å². The van der Waals surface area contributed by atoms with Crippen molar-refractivity contribution in [1.82, 2.24) is 19.8 Å². The molecule has 2 heterocycles. The third kappa shape index (κ3) is 1.55. The number of nitrogens with one attached hydrogen (secondary N) is 1. The number of hydrogen-bond donors (Lipinski definition) is 1. The van der Waals surface area contributed by atoms with Gasteiger partial charge in [0.1, 0.15) is 0 Å². The Morgan fingerprint density at radius 1 is 1.38 bits per heavy atom. The SMILES string of the molecule is S=c1[nH]n2c(-c3cccc(Cl)c3)nnc2s1. The number of rotatable bonds is 1. The minimum absolute atomic E-state index is 0.670. The molecule has 0 aliphatic carbocycles. The van der Waals surface area contributed by atoms with Crippen molar-refractivity contribution < 1.29 is 0 Å². The first kappa shape index (κ1) is 9.95. The van der Waals surface area contributed by atoms with Crippen LogP contribution < -0.4 is 0 Å². The van der Waals surface area contributed by atoms with Crippen molar-refractivity contribution in [2.45, 2.75) is 0 Å². The fourth-order valence-corrected chi connectivity index (χ4v) is 2.56. The second kappa shape index (κ2) is 3.65. The molecule has 0 radical (unpaired) electrons. The van der Waals surface area contributed by atoms with Crippen LogP contribution in [0.15, 0.2) is 24.3 Å². The summed E-state index contributed by atoms with van der Waals surface area (Å²) in [4.78, 5) is 0.750. The van der Waals surface area contributed by atoms with Crippen molar-refractivity contribution >= 4 is 40.1 Å². The number of aromatic nitrogens is 4. The maximum absolute atomic E-state index is 5.93. The third-order valence-electron chi connectivity index (χ3n) is 2.10. The quantitative estimate of drug-likeness (QED) is 0.690. The van der Waals surface area contributed by atoms with E-state index in [1.165, 1.54) is 11.3 Å². The van der Waals surface area contributed by atoms with Crippen LogP contribution in [0.1, 0.15) is 0 Å². The van der Waals surface area contributed by atoms with Crippen LogP contribution in [0.2, 0.25) is 5.02 Å². The standard InChI is InChI=1S/C9H5ClN4S2/c10-6-3-1-2-5(4-6)7-11-12-8-14(7)13-9(15)16-8/h1-4H,(H,13,15). The zero-order chi connectivity index (χ0) is 11.1. The van der Waals surface area contributed by atoms with Gasteiger partial charge in [-0.3, -0.25) is 5.10 Å². The number of H-pyrrole nitrogens is 1. The van der Waals surface area contributed by atoms with Crippen LogP contribution >= 0.6 is 35.2 Å². The lowest BCUT2D eigenvalue weighted by atomic mass is 10.2. The molecule has 1 N–H and O–H groups in total.